The number of hydrogen-bond donors (Lipinski definition) is 0. The van der Waals surface area contributed by atoms with E-state index >= 15 is 0 Å². The third kappa shape index (κ3) is 3.18. The Bertz CT molecular complexity index is 102. The number of nitrogens with zero attached hydrogens (tertiary/aromatic N) is 1. The molecule has 1 aliphatic heterocycles. The molecule has 0 unspecified atom stereocenters. The molecule has 0 atom stereocenters. The van der Waals surface area contributed by atoms with E-state index in [4.69, 9.17) is 9.47 Å². The van der Waals surface area contributed by atoms with E-state index in [1.54, 1.807) is 0 Å². The van der Waals surface area contributed by atoms with Crippen molar-refractivity contribution in [2.75, 3.05) is 33.4 Å². The summed E-state index contributed by atoms with van der Waals surface area (Å²) in [6.07, 6.45) is 1.05. The van der Waals surface area contributed by atoms with Crippen molar-refractivity contribution in [2.45, 2.75) is 19.6 Å². The van der Waals surface area contributed by atoms with Crippen LogP contribution in [0.5, 0.6) is 0 Å². The highest BCUT2D eigenvalue weighted by Crippen LogP contribution is 2.07. The Kier molecular flexibility index (Phi) is 3.83. The standard InChI is InChI=1S/C8H17NO2/c1-3-9(2)5-4-8-10-6-7-11-8/h8H,3-7H2,1-2H3. The summed E-state index contributed by atoms with van der Waals surface area (Å²) in [5.74, 6) is 0. The molecular formula is C8H17NO2. The van der Waals surface area contributed by atoms with Gasteiger partial charge in [-0.1, -0.05) is 6.92 Å². The lowest BCUT2D eigenvalue weighted by atomic mass is 10.4. The van der Waals surface area contributed by atoms with Crippen molar-refractivity contribution >= 4 is 0 Å². The van der Waals surface area contributed by atoms with E-state index in [-0.39, 0.29) is 6.29 Å². The Morgan fingerprint density at radius 3 is 2.55 bits per heavy atom. The number of hydrogen-bond acceptors (Lipinski definition) is 3. The van der Waals surface area contributed by atoms with E-state index in [9.17, 15) is 0 Å². The van der Waals surface area contributed by atoms with E-state index in [1.807, 2.05) is 0 Å². The number of rotatable bonds is 4. The fourth-order valence-corrected chi connectivity index (χ4v) is 1.06. The summed E-state index contributed by atoms with van der Waals surface area (Å²) in [5.41, 5.74) is 0. The molecule has 1 saturated heterocycles. The molecule has 0 N–H and O–H groups in total. The molecule has 0 saturated carbocycles. The highest BCUT2D eigenvalue weighted by atomic mass is 16.7. The minimum atomic E-state index is 0.0593. The van der Waals surface area contributed by atoms with Gasteiger partial charge in [0.05, 0.1) is 13.2 Å². The van der Waals surface area contributed by atoms with Crippen LogP contribution in [-0.2, 0) is 9.47 Å². The van der Waals surface area contributed by atoms with Gasteiger partial charge in [-0.2, -0.15) is 0 Å². The van der Waals surface area contributed by atoms with Gasteiger partial charge in [0.15, 0.2) is 6.29 Å². The summed E-state index contributed by atoms with van der Waals surface area (Å²) in [7, 11) is 2.11. The average Bonchev–Trinajstić information content (AvgIpc) is 2.52. The molecule has 1 rings (SSSR count). The third-order valence-corrected chi connectivity index (χ3v) is 1.98. The summed E-state index contributed by atoms with van der Waals surface area (Å²) < 4.78 is 10.6. The van der Waals surface area contributed by atoms with Crippen LogP contribution in [0, 0.1) is 0 Å². The van der Waals surface area contributed by atoms with Crippen LogP contribution in [0.15, 0.2) is 0 Å². The van der Waals surface area contributed by atoms with Gasteiger partial charge in [0, 0.05) is 13.0 Å². The molecule has 0 spiro atoms. The predicted octanol–water partition coefficient (Wildman–Crippen LogP) is 0.701. The van der Waals surface area contributed by atoms with Crippen LogP contribution in [0.1, 0.15) is 13.3 Å². The van der Waals surface area contributed by atoms with E-state index in [0.29, 0.717) is 0 Å². The van der Waals surface area contributed by atoms with Gasteiger partial charge in [-0.15, -0.1) is 0 Å². The molecule has 0 aromatic rings. The zero-order chi connectivity index (χ0) is 8.10. The van der Waals surface area contributed by atoms with E-state index < -0.39 is 0 Å². The van der Waals surface area contributed by atoms with Gasteiger partial charge < -0.3 is 14.4 Å². The van der Waals surface area contributed by atoms with Crippen LogP contribution in [0.2, 0.25) is 0 Å². The van der Waals surface area contributed by atoms with Crippen LogP contribution in [0.4, 0.5) is 0 Å². The molecule has 0 aromatic heterocycles. The maximum absolute atomic E-state index is 5.30. The summed E-state index contributed by atoms with van der Waals surface area (Å²) in [5, 5.41) is 0. The van der Waals surface area contributed by atoms with Crippen molar-refractivity contribution in [3.63, 3.8) is 0 Å². The highest BCUT2D eigenvalue weighted by molar-refractivity contribution is 4.55. The first-order chi connectivity index (χ1) is 5.33. The summed E-state index contributed by atoms with van der Waals surface area (Å²) >= 11 is 0. The van der Waals surface area contributed by atoms with E-state index in [0.717, 1.165) is 32.7 Å². The molecule has 3 nitrogen and oxygen atoms in total. The second-order valence-electron chi connectivity index (χ2n) is 2.86. The van der Waals surface area contributed by atoms with Gasteiger partial charge in [0.2, 0.25) is 0 Å². The fraction of sp³-hybridized carbons (Fsp3) is 1.00. The van der Waals surface area contributed by atoms with Crippen molar-refractivity contribution in [1.82, 2.24) is 4.90 Å². The quantitative estimate of drug-likeness (QED) is 0.602. The first-order valence-corrected chi connectivity index (χ1v) is 4.24. The molecule has 11 heavy (non-hydrogen) atoms. The fourth-order valence-electron chi connectivity index (χ4n) is 1.06. The molecule has 0 amide bonds. The Balaban J connectivity index is 2.01. The lowest BCUT2D eigenvalue weighted by molar-refractivity contribution is -0.0503. The van der Waals surface area contributed by atoms with Crippen LogP contribution in [-0.4, -0.2) is 44.5 Å². The molecule has 0 radical (unpaired) electrons. The van der Waals surface area contributed by atoms with Gasteiger partial charge in [-0.05, 0) is 13.6 Å². The van der Waals surface area contributed by atoms with Crippen molar-refractivity contribution in [1.29, 1.82) is 0 Å². The molecule has 66 valence electrons. The molecule has 3 heteroatoms. The topological polar surface area (TPSA) is 21.7 Å². The first kappa shape index (κ1) is 8.97. The van der Waals surface area contributed by atoms with Gasteiger partial charge in [0.1, 0.15) is 0 Å². The summed E-state index contributed by atoms with van der Waals surface area (Å²) in [4.78, 5) is 2.26. The van der Waals surface area contributed by atoms with Crippen LogP contribution >= 0.6 is 0 Å². The van der Waals surface area contributed by atoms with E-state index in [2.05, 4.69) is 18.9 Å². The molecule has 1 aliphatic rings. The first-order valence-electron chi connectivity index (χ1n) is 4.24. The molecule has 1 heterocycles. The van der Waals surface area contributed by atoms with Crippen LogP contribution in [0.3, 0.4) is 0 Å². The SMILES string of the molecule is CCN(C)CCC1OCCO1. The summed E-state index contributed by atoms with van der Waals surface area (Å²) in [6, 6.07) is 0. The smallest absolute Gasteiger partial charge is 0.159 e. The van der Waals surface area contributed by atoms with Crippen molar-refractivity contribution in [2.24, 2.45) is 0 Å². The second kappa shape index (κ2) is 4.70. The number of ether oxygens (including phenoxy) is 2. The molecular weight excluding hydrogens is 142 g/mol. The predicted molar refractivity (Wildman–Crippen MR) is 43.5 cm³/mol. The Morgan fingerprint density at radius 1 is 1.36 bits per heavy atom. The third-order valence-electron chi connectivity index (χ3n) is 1.98. The van der Waals surface area contributed by atoms with Crippen molar-refractivity contribution in [3.8, 4) is 0 Å². The molecule has 1 fully saturated rings. The Morgan fingerprint density at radius 2 is 2.00 bits per heavy atom. The Hall–Kier alpha value is -0.120. The van der Waals surface area contributed by atoms with Crippen LogP contribution < -0.4 is 0 Å². The minimum Gasteiger partial charge on any atom is -0.350 e. The van der Waals surface area contributed by atoms with E-state index in [1.165, 1.54) is 0 Å². The largest absolute Gasteiger partial charge is 0.350 e. The van der Waals surface area contributed by atoms with Gasteiger partial charge >= 0.3 is 0 Å². The molecule has 0 aliphatic carbocycles. The zero-order valence-corrected chi connectivity index (χ0v) is 7.38. The monoisotopic (exact) mass is 159 g/mol. The lowest BCUT2D eigenvalue weighted by Gasteiger charge is -2.15. The van der Waals surface area contributed by atoms with Gasteiger partial charge in [0.25, 0.3) is 0 Å². The van der Waals surface area contributed by atoms with Gasteiger partial charge in [-0.25, -0.2) is 0 Å². The molecule has 0 bridgehead atoms. The van der Waals surface area contributed by atoms with Gasteiger partial charge in [-0.3, -0.25) is 0 Å². The van der Waals surface area contributed by atoms with Crippen molar-refractivity contribution < 1.29 is 9.47 Å². The van der Waals surface area contributed by atoms with Crippen molar-refractivity contribution in [3.05, 3.63) is 0 Å². The normalized spacial score (nSPS) is 19.9. The summed E-state index contributed by atoms with van der Waals surface area (Å²) in [6.45, 7) is 5.82. The zero-order valence-electron chi connectivity index (χ0n) is 7.38. The maximum Gasteiger partial charge on any atom is 0.159 e. The average molecular weight is 159 g/mol. The minimum absolute atomic E-state index is 0.0593. The lowest BCUT2D eigenvalue weighted by Crippen LogP contribution is -2.23. The maximum atomic E-state index is 5.30. The second-order valence-corrected chi connectivity index (χ2v) is 2.86. The highest BCUT2D eigenvalue weighted by Gasteiger charge is 2.15. The Labute approximate surface area is 68.3 Å². The molecule has 0 aromatic carbocycles. The van der Waals surface area contributed by atoms with Crippen LogP contribution in [0.25, 0.3) is 0 Å².